The van der Waals surface area contributed by atoms with Crippen LogP contribution >= 0.6 is 0 Å². The molecule has 6 heteroatoms. The zero-order valence-electron chi connectivity index (χ0n) is 11.2. The highest BCUT2D eigenvalue weighted by atomic mass is 16.2. The number of aryl methyl sites for hydroxylation is 1. The van der Waals surface area contributed by atoms with Crippen LogP contribution in [0.25, 0.3) is 0 Å². The number of aromatic nitrogens is 3. The molecule has 6 nitrogen and oxygen atoms in total. The normalized spacial score (nSPS) is 10.7. The van der Waals surface area contributed by atoms with Gasteiger partial charge in [-0.2, -0.15) is 5.10 Å². The van der Waals surface area contributed by atoms with E-state index in [1.807, 2.05) is 32.9 Å². The standard InChI is InChI=1S/C13H17N5O/c1-7(2)10-9(14)11(18-17-10)13(19)16-12-8(3)5-4-6-15-12/h4-7H,14H2,1-3H3,(H,17,18)(H,15,16,19). The van der Waals surface area contributed by atoms with Crippen LogP contribution in [0.1, 0.15) is 41.5 Å². The van der Waals surface area contributed by atoms with Crippen LogP contribution in [-0.4, -0.2) is 21.1 Å². The quantitative estimate of drug-likeness (QED) is 0.786. The summed E-state index contributed by atoms with van der Waals surface area (Å²) in [4.78, 5) is 16.2. The van der Waals surface area contributed by atoms with Crippen molar-refractivity contribution in [2.75, 3.05) is 11.1 Å². The van der Waals surface area contributed by atoms with E-state index in [1.54, 1.807) is 6.20 Å². The Hall–Kier alpha value is -2.37. The second-order valence-electron chi connectivity index (χ2n) is 4.68. The van der Waals surface area contributed by atoms with Crippen molar-refractivity contribution >= 4 is 17.4 Å². The van der Waals surface area contributed by atoms with Crippen LogP contribution in [0.5, 0.6) is 0 Å². The number of amides is 1. The Morgan fingerprint density at radius 3 is 2.79 bits per heavy atom. The summed E-state index contributed by atoms with van der Waals surface area (Å²) in [6, 6.07) is 3.68. The SMILES string of the molecule is Cc1cccnc1NC(=O)c1n[nH]c(C(C)C)c1N. The second kappa shape index (κ2) is 5.09. The number of carbonyl (C=O) groups excluding carboxylic acids is 1. The molecule has 0 radical (unpaired) electrons. The minimum atomic E-state index is -0.359. The lowest BCUT2D eigenvalue weighted by Gasteiger charge is -2.06. The van der Waals surface area contributed by atoms with E-state index in [0.29, 0.717) is 11.5 Å². The first-order chi connectivity index (χ1) is 9.00. The maximum Gasteiger partial charge on any atom is 0.279 e. The molecule has 0 aromatic carbocycles. The number of nitrogens with two attached hydrogens (primary N) is 1. The first-order valence-electron chi connectivity index (χ1n) is 6.07. The van der Waals surface area contributed by atoms with Gasteiger partial charge in [-0.1, -0.05) is 19.9 Å². The summed E-state index contributed by atoms with van der Waals surface area (Å²) >= 11 is 0. The summed E-state index contributed by atoms with van der Waals surface area (Å²) in [6.45, 7) is 5.83. The molecule has 100 valence electrons. The molecule has 0 aliphatic rings. The second-order valence-corrected chi connectivity index (χ2v) is 4.68. The van der Waals surface area contributed by atoms with Crippen LogP contribution in [0, 0.1) is 6.92 Å². The molecule has 2 rings (SSSR count). The molecule has 2 aromatic rings. The van der Waals surface area contributed by atoms with Crippen LogP contribution in [0.2, 0.25) is 0 Å². The lowest BCUT2D eigenvalue weighted by atomic mass is 10.1. The fourth-order valence-corrected chi connectivity index (χ4v) is 1.76. The summed E-state index contributed by atoms with van der Waals surface area (Å²) in [7, 11) is 0. The molecule has 4 N–H and O–H groups in total. The van der Waals surface area contributed by atoms with Crippen LogP contribution in [-0.2, 0) is 0 Å². The summed E-state index contributed by atoms with van der Waals surface area (Å²) in [5.74, 6) is 0.342. The average Bonchev–Trinajstić information content (AvgIpc) is 2.74. The predicted octanol–water partition coefficient (Wildman–Crippen LogP) is 2.07. The molecule has 19 heavy (non-hydrogen) atoms. The zero-order chi connectivity index (χ0) is 14.0. The van der Waals surface area contributed by atoms with Gasteiger partial charge in [0.2, 0.25) is 0 Å². The van der Waals surface area contributed by atoms with Crippen molar-refractivity contribution in [2.45, 2.75) is 26.7 Å². The molecule has 1 amide bonds. The van der Waals surface area contributed by atoms with Gasteiger partial charge >= 0.3 is 0 Å². The van der Waals surface area contributed by atoms with Gasteiger partial charge in [0.1, 0.15) is 5.82 Å². The van der Waals surface area contributed by atoms with Crippen molar-refractivity contribution < 1.29 is 4.79 Å². The Morgan fingerprint density at radius 2 is 2.21 bits per heavy atom. The summed E-state index contributed by atoms with van der Waals surface area (Å²) in [5.41, 5.74) is 8.16. The molecule has 0 aliphatic carbocycles. The third-order valence-electron chi connectivity index (χ3n) is 2.87. The van der Waals surface area contributed by atoms with Gasteiger partial charge in [-0.15, -0.1) is 0 Å². The van der Waals surface area contributed by atoms with Crippen LogP contribution in [0.15, 0.2) is 18.3 Å². The molecule has 2 heterocycles. The number of nitrogen functional groups attached to an aromatic ring is 1. The van der Waals surface area contributed by atoms with E-state index in [-0.39, 0.29) is 17.5 Å². The minimum absolute atomic E-state index is 0.186. The largest absolute Gasteiger partial charge is 0.395 e. The predicted molar refractivity (Wildman–Crippen MR) is 74.0 cm³/mol. The molecule has 0 atom stereocenters. The minimum Gasteiger partial charge on any atom is -0.395 e. The highest BCUT2D eigenvalue weighted by Gasteiger charge is 2.19. The molecule has 0 bridgehead atoms. The van der Waals surface area contributed by atoms with Crippen molar-refractivity contribution in [3.8, 4) is 0 Å². The van der Waals surface area contributed by atoms with E-state index in [9.17, 15) is 4.79 Å². The fraction of sp³-hybridized carbons (Fsp3) is 0.308. The van der Waals surface area contributed by atoms with E-state index in [0.717, 1.165) is 11.3 Å². The number of hydrogen-bond donors (Lipinski definition) is 3. The molecule has 0 aliphatic heterocycles. The molecular formula is C13H17N5O. The lowest BCUT2D eigenvalue weighted by molar-refractivity contribution is 0.102. The van der Waals surface area contributed by atoms with Crippen LogP contribution in [0.4, 0.5) is 11.5 Å². The smallest absolute Gasteiger partial charge is 0.279 e. The number of nitrogens with zero attached hydrogens (tertiary/aromatic N) is 2. The van der Waals surface area contributed by atoms with Crippen molar-refractivity contribution in [1.82, 2.24) is 15.2 Å². The van der Waals surface area contributed by atoms with Crippen LogP contribution < -0.4 is 11.1 Å². The maximum absolute atomic E-state index is 12.1. The monoisotopic (exact) mass is 259 g/mol. The Balaban J connectivity index is 2.24. The van der Waals surface area contributed by atoms with E-state index in [1.165, 1.54) is 0 Å². The highest BCUT2D eigenvalue weighted by Crippen LogP contribution is 2.22. The van der Waals surface area contributed by atoms with Crippen molar-refractivity contribution in [3.05, 3.63) is 35.3 Å². The third-order valence-corrected chi connectivity index (χ3v) is 2.87. The van der Waals surface area contributed by atoms with E-state index in [4.69, 9.17) is 5.73 Å². The van der Waals surface area contributed by atoms with Crippen molar-refractivity contribution in [1.29, 1.82) is 0 Å². The summed E-state index contributed by atoms with van der Waals surface area (Å²) in [6.07, 6.45) is 1.62. The van der Waals surface area contributed by atoms with Gasteiger partial charge in [0, 0.05) is 6.20 Å². The van der Waals surface area contributed by atoms with Crippen molar-refractivity contribution in [3.63, 3.8) is 0 Å². The Morgan fingerprint density at radius 1 is 1.47 bits per heavy atom. The summed E-state index contributed by atoms with van der Waals surface area (Å²) < 4.78 is 0. The van der Waals surface area contributed by atoms with Gasteiger partial charge in [-0.25, -0.2) is 4.98 Å². The average molecular weight is 259 g/mol. The molecule has 0 fully saturated rings. The first kappa shape index (κ1) is 13.1. The number of aromatic amines is 1. The number of rotatable bonds is 3. The van der Waals surface area contributed by atoms with Gasteiger partial charge in [-0.05, 0) is 24.5 Å². The van der Waals surface area contributed by atoms with Gasteiger partial charge < -0.3 is 11.1 Å². The number of nitrogens with one attached hydrogen (secondary N) is 2. The van der Waals surface area contributed by atoms with Gasteiger partial charge in [0.05, 0.1) is 11.4 Å². The Kier molecular flexibility index (Phi) is 3.50. The molecule has 2 aromatic heterocycles. The molecular weight excluding hydrogens is 242 g/mol. The number of carbonyl (C=O) groups is 1. The Labute approximate surface area is 111 Å². The number of pyridine rings is 1. The fourth-order valence-electron chi connectivity index (χ4n) is 1.76. The molecule has 0 saturated heterocycles. The third kappa shape index (κ3) is 2.57. The highest BCUT2D eigenvalue weighted by molar-refractivity contribution is 6.06. The number of hydrogen-bond acceptors (Lipinski definition) is 4. The van der Waals surface area contributed by atoms with Gasteiger partial charge in [0.15, 0.2) is 5.69 Å². The van der Waals surface area contributed by atoms with Gasteiger partial charge in [0.25, 0.3) is 5.91 Å². The molecule has 0 unspecified atom stereocenters. The number of H-pyrrole nitrogens is 1. The molecule has 0 saturated carbocycles. The summed E-state index contributed by atoms with van der Waals surface area (Å²) in [5, 5.41) is 9.48. The van der Waals surface area contributed by atoms with E-state index < -0.39 is 0 Å². The number of anilines is 2. The lowest BCUT2D eigenvalue weighted by Crippen LogP contribution is -2.16. The van der Waals surface area contributed by atoms with Crippen LogP contribution in [0.3, 0.4) is 0 Å². The van der Waals surface area contributed by atoms with Crippen molar-refractivity contribution in [2.24, 2.45) is 0 Å². The zero-order valence-corrected chi connectivity index (χ0v) is 11.2. The maximum atomic E-state index is 12.1. The Bertz CT molecular complexity index is 603. The molecule has 0 spiro atoms. The van der Waals surface area contributed by atoms with E-state index in [2.05, 4.69) is 20.5 Å². The first-order valence-corrected chi connectivity index (χ1v) is 6.07. The van der Waals surface area contributed by atoms with E-state index >= 15 is 0 Å². The van der Waals surface area contributed by atoms with Gasteiger partial charge in [-0.3, -0.25) is 9.89 Å². The topological polar surface area (TPSA) is 96.7 Å².